The van der Waals surface area contributed by atoms with Crippen molar-refractivity contribution in [1.82, 2.24) is 0 Å². The molecule has 0 radical (unpaired) electrons. The van der Waals surface area contributed by atoms with Gasteiger partial charge in [0.25, 0.3) is 0 Å². The van der Waals surface area contributed by atoms with Gasteiger partial charge in [0, 0.05) is 24.8 Å². The number of benzene rings is 1. The number of unbranched alkanes of at least 4 members (excludes halogenated alkanes) is 13. The van der Waals surface area contributed by atoms with E-state index in [0.717, 1.165) is 18.4 Å². The lowest BCUT2D eigenvalue weighted by atomic mass is 10.0. The van der Waals surface area contributed by atoms with Crippen molar-refractivity contribution in [3.05, 3.63) is 29.8 Å². The van der Waals surface area contributed by atoms with Crippen LogP contribution in [0.3, 0.4) is 0 Å². The Kier molecular flexibility index (Phi) is 13.9. The number of nitrogens with zero attached hydrogens (tertiary/aromatic N) is 1. The van der Waals surface area contributed by atoms with Crippen LogP contribution in [0.1, 0.15) is 107 Å². The Balaban J connectivity index is 1.87. The average molecular weight is 360 g/mol. The molecule has 0 aromatic heterocycles. The fourth-order valence-corrected chi connectivity index (χ4v) is 3.48. The van der Waals surface area contributed by atoms with Gasteiger partial charge < -0.3 is 4.90 Å². The van der Waals surface area contributed by atoms with E-state index in [-0.39, 0.29) is 0 Å². The van der Waals surface area contributed by atoms with Gasteiger partial charge in [-0.25, -0.2) is 0 Å². The maximum absolute atomic E-state index is 10.7. The summed E-state index contributed by atoms with van der Waals surface area (Å²) in [5.41, 5.74) is 1.95. The van der Waals surface area contributed by atoms with Crippen molar-refractivity contribution in [3.63, 3.8) is 0 Å². The van der Waals surface area contributed by atoms with Gasteiger partial charge in [0.15, 0.2) is 0 Å². The van der Waals surface area contributed by atoms with Gasteiger partial charge in [-0.1, -0.05) is 90.4 Å². The number of aldehydes is 1. The molecule has 0 saturated carbocycles. The first kappa shape index (κ1) is 22.7. The Labute approximate surface area is 162 Å². The summed E-state index contributed by atoms with van der Waals surface area (Å²) >= 11 is 0. The molecule has 0 spiro atoms. The van der Waals surface area contributed by atoms with Crippen molar-refractivity contribution in [3.8, 4) is 0 Å². The smallest absolute Gasteiger partial charge is 0.150 e. The molecule has 2 nitrogen and oxygen atoms in total. The molecule has 0 N–H and O–H groups in total. The molecule has 0 fully saturated rings. The number of carbonyl (C=O) groups excluding carboxylic acids is 1. The van der Waals surface area contributed by atoms with Gasteiger partial charge in [-0.2, -0.15) is 0 Å². The van der Waals surface area contributed by atoms with E-state index in [9.17, 15) is 4.79 Å². The molecule has 0 atom stereocenters. The number of hydrogen-bond donors (Lipinski definition) is 0. The van der Waals surface area contributed by atoms with E-state index in [1.807, 2.05) is 24.3 Å². The van der Waals surface area contributed by atoms with Crippen LogP contribution >= 0.6 is 0 Å². The van der Waals surface area contributed by atoms with Crippen LogP contribution in [-0.4, -0.2) is 19.9 Å². The van der Waals surface area contributed by atoms with E-state index >= 15 is 0 Å². The van der Waals surface area contributed by atoms with Crippen LogP contribution in [0.2, 0.25) is 0 Å². The molecule has 0 aliphatic heterocycles. The number of rotatable bonds is 17. The Morgan fingerprint density at radius 1 is 0.692 bits per heavy atom. The van der Waals surface area contributed by atoms with Crippen molar-refractivity contribution in [2.24, 2.45) is 0 Å². The summed E-state index contributed by atoms with van der Waals surface area (Å²) < 4.78 is 0. The quantitative estimate of drug-likeness (QED) is 0.213. The molecule has 0 amide bonds. The summed E-state index contributed by atoms with van der Waals surface area (Å²) in [6, 6.07) is 7.86. The van der Waals surface area contributed by atoms with Gasteiger partial charge in [-0.15, -0.1) is 0 Å². The molecule has 0 aliphatic carbocycles. The highest BCUT2D eigenvalue weighted by molar-refractivity contribution is 5.75. The molecule has 26 heavy (non-hydrogen) atoms. The minimum atomic E-state index is 0.749. The standard InChI is InChI=1S/C24H41NO/c1-3-4-5-6-7-8-9-10-11-12-13-14-15-16-21-25(2)24-19-17-23(22-26)18-20-24/h17-20,22H,3-16,21H2,1-2H3. The maximum atomic E-state index is 10.7. The summed E-state index contributed by atoms with van der Waals surface area (Å²) in [5, 5.41) is 0. The average Bonchev–Trinajstić information content (AvgIpc) is 2.68. The molecule has 0 bridgehead atoms. The van der Waals surface area contributed by atoms with Crippen molar-refractivity contribution in [2.75, 3.05) is 18.5 Å². The van der Waals surface area contributed by atoms with Gasteiger partial charge in [0.2, 0.25) is 0 Å². The number of carbonyl (C=O) groups is 1. The van der Waals surface area contributed by atoms with Crippen molar-refractivity contribution in [2.45, 2.75) is 96.8 Å². The molecule has 1 aromatic carbocycles. The summed E-state index contributed by atoms with van der Waals surface area (Å²) in [6.07, 6.45) is 20.5. The lowest BCUT2D eigenvalue weighted by molar-refractivity contribution is 0.112. The summed E-state index contributed by atoms with van der Waals surface area (Å²) in [5.74, 6) is 0. The first-order chi connectivity index (χ1) is 12.8. The van der Waals surface area contributed by atoms with Crippen molar-refractivity contribution in [1.29, 1.82) is 0 Å². The van der Waals surface area contributed by atoms with Crippen LogP contribution in [0.5, 0.6) is 0 Å². The Morgan fingerprint density at radius 3 is 1.54 bits per heavy atom. The van der Waals surface area contributed by atoms with Crippen molar-refractivity contribution < 1.29 is 4.79 Å². The van der Waals surface area contributed by atoms with E-state index in [1.54, 1.807) is 0 Å². The molecule has 0 aliphatic rings. The van der Waals surface area contributed by atoms with Gasteiger partial charge >= 0.3 is 0 Å². The van der Waals surface area contributed by atoms with Gasteiger partial charge in [-0.3, -0.25) is 4.79 Å². The highest BCUT2D eigenvalue weighted by atomic mass is 16.1. The lowest BCUT2D eigenvalue weighted by Gasteiger charge is -2.19. The first-order valence-corrected chi connectivity index (χ1v) is 11.0. The fraction of sp³-hybridized carbons (Fsp3) is 0.708. The third-order valence-corrected chi connectivity index (χ3v) is 5.32. The zero-order chi connectivity index (χ0) is 18.9. The molecule has 0 saturated heterocycles. The van der Waals surface area contributed by atoms with E-state index in [1.165, 1.54) is 95.6 Å². The van der Waals surface area contributed by atoms with Crippen LogP contribution in [0.4, 0.5) is 5.69 Å². The second-order valence-electron chi connectivity index (χ2n) is 7.73. The van der Waals surface area contributed by atoms with Crippen LogP contribution in [0, 0.1) is 0 Å². The molecule has 1 rings (SSSR count). The molecular formula is C24H41NO. The molecule has 0 heterocycles. The lowest BCUT2D eigenvalue weighted by Crippen LogP contribution is -2.18. The van der Waals surface area contributed by atoms with Crippen LogP contribution < -0.4 is 4.90 Å². The van der Waals surface area contributed by atoms with Gasteiger partial charge in [0.1, 0.15) is 6.29 Å². The van der Waals surface area contributed by atoms with Gasteiger partial charge in [0.05, 0.1) is 0 Å². The Bertz CT molecular complexity index is 440. The SMILES string of the molecule is CCCCCCCCCCCCCCCCN(C)c1ccc(C=O)cc1. The topological polar surface area (TPSA) is 20.3 Å². The zero-order valence-electron chi connectivity index (χ0n) is 17.3. The van der Waals surface area contributed by atoms with Crippen LogP contribution in [-0.2, 0) is 0 Å². The van der Waals surface area contributed by atoms with E-state index in [0.29, 0.717) is 0 Å². The third kappa shape index (κ3) is 11.3. The molecule has 0 unspecified atom stereocenters. The summed E-state index contributed by atoms with van der Waals surface area (Å²) in [7, 11) is 2.14. The molecule has 148 valence electrons. The second-order valence-corrected chi connectivity index (χ2v) is 7.73. The Morgan fingerprint density at radius 2 is 1.12 bits per heavy atom. The van der Waals surface area contributed by atoms with Gasteiger partial charge in [-0.05, 0) is 30.7 Å². The second kappa shape index (κ2) is 15.9. The normalized spacial score (nSPS) is 10.8. The fourth-order valence-electron chi connectivity index (χ4n) is 3.48. The molecule has 2 heteroatoms. The summed E-state index contributed by atoms with van der Waals surface area (Å²) in [4.78, 5) is 13.0. The third-order valence-electron chi connectivity index (χ3n) is 5.32. The summed E-state index contributed by atoms with van der Waals surface area (Å²) in [6.45, 7) is 3.38. The van der Waals surface area contributed by atoms with Crippen molar-refractivity contribution >= 4 is 12.0 Å². The molecular weight excluding hydrogens is 318 g/mol. The van der Waals surface area contributed by atoms with E-state index in [2.05, 4.69) is 18.9 Å². The highest BCUT2D eigenvalue weighted by Crippen LogP contribution is 2.15. The first-order valence-electron chi connectivity index (χ1n) is 11.0. The zero-order valence-corrected chi connectivity index (χ0v) is 17.3. The number of anilines is 1. The Hall–Kier alpha value is -1.31. The van der Waals surface area contributed by atoms with E-state index in [4.69, 9.17) is 0 Å². The largest absolute Gasteiger partial charge is 0.375 e. The maximum Gasteiger partial charge on any atom is 0.150 e. The molecule has 1 aromatic rings. The van der Waals surface area contributed by atoms with Crippen LogP contribution in [0.15, 0.2) is 24.3 Å². The monoisotopic (exact) mass is 359 g/mol. The predicted octanol–water partition coefficient (Wildman–Crippen LogP) is 7.42. The van der Waals surface area contributed by atoms with Crippen LogP contribution in [0.25, 0.3) is 0 Å². The number of hydrogen-bond acceptors (Lipinski definition) is 2. The minimum absolute atomic E-state index is 0.749. The minimum Gasteiger partial charge on any atom is -0.375 e. The highest BCUT2D eigenvalue weighted by Gasteiger charge is 2.01. The van der Waals surface area contributed by atoms with E-state index < -0.39 is 0 Å². The predicted molar refractivity (Wildman–Crippen MR) is 115 cm³/mol.